The van der Waals surface area contributed by atoms with Crippen LogP contribution >= 0.6 is 0 Å². The third kappa shape index (κ3) is 23.2. The third-order valence-electron chi connectivity index (χ3n) is 25.3. The molecule has 3 unspecified atom stereocenters. The van der Waals surface area contributed by atoms with Gasteiger partial charge in [0.1, 0.15) is 81.0 Å². The van der Waals surface area contributed by atoms with E-state index in [1.807, 2.05) is 97.6 Å². The molecule has 0 radical (unpaired) electrons. The number of carboxylic acid groups (broad SMARTS) is 1. The number of phenols is 1. The molecule has 3 atom stereocenters. The average molecular weight is 1840 g/mol. The van der Waals surface area contributed by atoms with Gasteiger partial charge in [-0.05, 0) is 140 Å². The Balaban J connectivity index is 0.000000124. The maximum atomic E-state index is 12.4. The van der Waals surface area contributed by atoms with Crippen LogP contribution in [0.1, 0.15) is 132 Å². The van der Waals surface area contributed by atoms with E-state index in [9.17, 15) is 29.4 Å². The molecule has 21 rings (SSSR count). The van der Waals surface area contributed by atoms with Crippen LogP contribution in [0.15, 0.2) is 184 Å². The number of rotatable bonds is 21. The third-order valence-corrected chi connectivity index (χ3v) is 25.3. The molecule has 12 aromatic rings. The standard InChI is InChI=1S/C20H21NO4.C19H24N4O2.C19H24N4O.C17H22N4O2.C15H14N2O2.C12H13NO5.CH4/c1-12-9-21(10-13(2)24-12)11-17-18(22)8-7-15-14-5-3-4-6-16(14)20(23)25-19(15)17;1-22-7-6-16-18(22)20-17(13-14-4-3-5-15(12-14)24-2)21-19(16)23-8-10-25-11-9-23;1-22-10-9-16-18(22)20-17(8-7-15-5-3-2-4-6-15)21-19(16)23-11-13-24-14-12-23;1-20-7-6-14-16(20)18-15(5-4-13-3-2-10-23-13)19-17(14)21-8-11-22-12-9-21;1-19-13-4-2-11(3-5-13)9-17-10-12-6-7-16-8-14(12)15(17)18;1-18-5-4-13-10(14)8-3-2-7(12(16)17)6-9(8)11(13)15;/h3-8,12-13,22H,9-11H2,1-2H3;3-5,12H,6-11,13H2,1-2H3;2-6H,7-14H2,1H3;2-3,10H,4-9,11-12H2,1H3;2-8H,9-10H2,1H3;2-3,6,10,14H,4-5H2,1H3,(H,16,17);1H4. The largest absolute Gasteiger partial charge is 0.507 e. The van der Waals surface area contributed by atoms with Crippen molar-refractivity contribution < 1.29 is 71.7 Å². The summed E-state index contributed by atoms with van der Waals surface area (Å²) in [7, 11) is 11.2. The van der Waals surface area contributed by atoms with Gasteiger partial charge < -0.3 is 96.5 Å². The number of hydrogen-bond acceptors (Lipinski definition) is 29. The molecule has 4 saturated heterocycles. The lowest BCUT2D eigenvalue weighted by Gasteiger charge is -2.35. The molecule has 3 N–H and O–H groups in total. The van der Waals surface area contributed by atoms with Crippen LogP contribution in [-0.4, -0.2) is 262 Å². The summed E-state index contributed by atoms with van der Waals surface area (Å²) in [6.07, 6.45) is 11.6. The summed E-state index contributed by atoms with van der Waals surface area (Å²) in [4.78, 5) is 99.8. The Morgan fingerprint density at radius 3 is 1.64 bits per heavy atom. The number of aliphatic hydroxyl groups excluding tert-OH is 1. The molecular formula is C103H122N16O16. The van der Waals surface area contributed by atoms with Crippen LogP contribution in [-0.2, 0) is 94.7 Å². The fourth-order valence-electron chi connectivity index (χ4n) is 18.3. The number of likely N-dealkylation sites (N-methyl/N-ethyl adjacent to an activating group) is 3. The summed E-state index contributed by atoms with van der Waals surface area (Å²) >= 11 is 0. The summed E-state index contributed by atoms with van der Waals surface area (Å²) in [6.45, 7) is 21.1. The van der Waals surface area contributed by atoms with E-state index >= 15 is 0 Å². The molecule has 15 heterocycles. The molecular weight excluding hydrogens is 1720 g/mol. The number of aliphatic hydroxyl groups is 1. The summed E-state index contributed by atoms with van der Waals surface area (Å²) < 4.78 is 48.6. The number of benzene rings is 6. The Labute approximate surface area is 787 Å². The van der Waals surface area contributed by atoms with Gasteiger partial charge in [-0.2, -0.15) is 0 Å². The number of hydrogen-bond donors (Lipinski definition) is 3. The van der Waals surface area contributed by atoms with E-state index in [0.29, 0.717) is 54.8 Å². The number of carbonyl (C=O) groups excluding carboxylic acids is 2. The molecule has 6 aromatic heterocycles. The number of morpholine rings is 4. The zero-order valence-corrected chi connectivity index (χ0v) is 77.4. The molecule has 0 aliphatic carbocycles. The van der Waals surface area contributed by atoms with E-state index < -0.39 is 12.2 Å². The summed E-state index contributed by atoms with van der Waals surface area (Å²) in [5, 5.41) is 31.5. The highest BCUT2D eigenvalue weighted by Gasteiger charge is 2.37. The Morgan fingerprint density at radius 2 is 1.07 bits per heavy atom. The number of aromatic hydroxyl groups is 1. The van der Waals surface area contributed by atoms with Crippen LogP contribution in [0.25, 0.3) is 21.7 Å². The zero-order chi connectivity index (χ0) is 93.3. The number of aromatic carboxylic acids is 1. The van der Waals surface area contributed by atoms with Gasteiger partial charge in [-0.1, -0.05) is 86.3 Å². The number of phenolic OH excluding ortho intramolecular Hbond substituents is 1. The maximum Gasteiger partial charge on any atom is 0.344 e. The van der Waals surface area contributed by atoms with Crippen molar-refractivity contribution in [3.05, 3.63) is 271 Å². The van der Waals surface area contributed by atoms with Gasteiger partial charge in [-0.15, -0.1) is 0 Å². The summed E-state index contributed by atoms with van der Waals surface area (Å²) in [6, 6.07) is 47.3. The number of methoxy groups -OCH3 is 3. The van der Waals surface area contributed by atoms with Crippen LogP contribution in [0.2, 0.25) is 0 Å². The Hall–Kier alpha value is -13.2. The van der Waals surface area contributed by atoms with Crippen molar-refractivity contribution in [3.8, 4) is 17.2 Å². The van der Waals surface area contributed by atoms with Gasteiger partial charge in [0.2, 0.25) is 0 Å². The molecule has 9 aliphatic rings. The topological polar surface area (TPSA) is 339 Å². The average Bonchev–Trinajstić information content (AvgIpc) is 1.46. The van der Waals surface area contributed by atoms with E-state index in [-0.39, 0.29) is 60.5 Å². The summed E-state index contributed by atoms with van der Waals surface area (Å²) in [5.74, 6) is 10.7. The lowest BCUT2D eigenvalue weighted by atomic mass is 10.0. The van der Waals surface area contributed by atoms with E-state index in [1.165, 1.54) is 52.5 Å². The fourth-order valence-corrected chi connectivity index (χ4v) is 18.3. The van der Waals surface area contributed by atoms with Crippen molar-refractivity contribution in [2.75, 3.05) is 197 Å². The first-order valence-electron chi connectivity index (χ1n) is 46.0. The number of anilines is 6. The highest BCUT2D eigenvalue weighted by molar-refractivity contribution is 6.06. The zero-order valence-electron chi connectivity index (χ0n) is 77.4. The number of carbonyl (C=O) groups is 3. The normalized spacial score (nSPS) is 17.5. The molecule has 4 fully saturated rings. The predicted octanol–water partition coefficient (Wildman–Crippen LogP) is 12.3. The molecule has 6 aromatic carbocycles. The number of carboxylic acids is 1. The number of aromatic nitrogens is 7. The number of fused-ring (bicyclic) bond motifs is 8. The minimum atomic E-state index is -1.10. The van der Waals surface area contributed by atoms with Crippen molar-refractivity contribution in [2.45, 2.75) is 111 Å². The van der Waals surface area contributed by atoms with Gasteiger partial charge in [0.05, 0.1) is 101 Å². The second kappa shape index (κ2) is 45.2. The number of pyridine rings is 1. The summed E-state index contributed by atoms with van der Waals surface area (Å²) in [5.41, 5.74) is 10.7. The van der Waals surface area contributed by atoms with Crippen LogP contribution in [0.4, 0.5) is 34.9 Å². The number of ether oxygens (including phenoxy) is 7. The molecule has 0 spiro atoms. The minimum Gasteiger partial charge on any atom is -0.507 e. The Morgan fingerprint density at radius 1 is 0.519 bits per heavy atom. The quantitative estimate of drug-likeness (QED) is 0.0444. The van der Waals surface area contributed by atoms with E-state index in [0.717, 1.165) is 259 Å². The van der Waals surface area contributed by atoms with E-state index in [2.05, 4.69) is 103 Å². The number of amides is 2. The van der Waals surface area contributed by atoms with Gasteiger partial charge in [0.15, 0.2) is 6.23 Å². The van der Waals surface area contributed by atoms with Gasteiger partial charge in [0.25, 0.3) is 11.8 Å². The molecule has 2 amide bonds. The van der Waals surface area contributed by atoms with Gasteiger partial charge in [-0.3, -0.25) is 19.5 Å². The van der Waals surface area contributed by atoms with Crippen LogP contribution in [0, 0.1) is 0 Å². The first kappa shape index (κ1) is 96.4. The van der Waals surface area contributed by atoms with Gasteiger partial charge in [-0.25, -0.2) is 39.5 Å². The Kier molecular flexibility index (Phi) is 32.3. The molecule has 0 saturated carbocycles. The molecule has 710 valence electrons. The SMILES string of the molecule is C.CC1CN(Cc2c(O)ccc3c2oc(=O)c2ccccc23)CC(C)O1.CN1CCc2c1nc(CCc1ccccc1)nc2N1CCOCC1.CN1CCc2c1nc(CCc1ccco1)nc2N1CCOCC1.COCCN1C(=O)c2cc(C(=O)O)ccc2C1O.COc1ccc(CN2Cc3ccncc3C2=O)cc1.COc1cccc(Cc2nc3c(c(N4CCOCC4)n2)CCN3C)c1. The molecule has 0 bridgehead atoms. The molecule has 9 aliphatic heterocycles. The second-order valence-corrected chi connectivity index (χ2v) is 34.5. The molecule has 32 heteroatoms. The number of furan rings is 1. The maximum absolute atomic E-state index is 12.4. The molecule has 32 nitrogen and oxygen atoms in total. The second-order valence-electron chi connectivity index (χ2n) is 34.5. The van der Waals surface area contributed by atoms with E-state index in [1.54, 1.807) is 45.0 Å². The van der Waals surface area contributed by atoms with Crippen molar-refractivity contribution in [3.63, 3.8) is 0 Å². The fraction of sp³-hybridized carbons (Fsp3) is 0.408. The lowest BCUT2D eigenvalue weighted by Crippen LogP contribution is -2.44. The van der Waals surface area contributed by atoms with Gasteiger partial charge in [0, 0.05) is 198 Å². The first-order chi connectivity index (χ1) is 65.2. The highest BCUT2D eigenvalue weighted by atomic mass is 16.5. The smallest absolute Gasteiger partial charge is 0.344 e. The van der Waals surface area contributed by atoms with Crippen LogP contribution < -0.4 is 44.5 Å². The Bertz CT molecular complexity index is 6110. The predicted molar refractivity (Wildman–Crippen MR) is 518 cm³/mol. The highest BCUT2D eigenvalue weighted by Crippen LogP contribution is 2.39. The number of nitrogens with zero attached hydrogens (tertiary/aromatic N) is 16. The van der Waals surface area contributed by atoms with Crippen molar-refractivity contribution in [2.24, 2.45) is 0 Å². The molecule has 135 heavy (non-hydrogen) atoms. The monoisotopic (exact) mass is 1840 g/mol. The first-order valence-corrected chi connectivity index (χ1v) is 46.0. The lowest BCUT2D eigenvalue weighted by molar-refractivity contribution is -0.0705. The van der Waals surface area contributed by atoms with Gasteiger partial charge >= 0.3 is 11.6 Å². The van der Waals surface area contributed by atoms with Crippen LogP contribution in [0.3, 0.4) is 0 Å². The minimum absolute atomic E-state index is 0. The van der Waals surface area contributed by atoms with Crippen LogP contribution in [0.5, 0.6) is 17.2 Å². The van der Waals surface area contributed by atoms with E-state index in [4.69, 9.17) is 77.0 Å². The van der Waals surface area contributed by atoms with Crippen molar-refractivity contribution >= 4 is 74.4 Å². The number of aryl methyl sites for hydroxylation is 4. The van der Waals surface area contributed by atoms with Crippen molar-refractivity contribution in [1.29, 1.82) is 0 Å². The van der Waals surface area contributed by atoms with Crippen molar-refractivity contribution in [1.82, 2.24) is 49.6 Å².